The van der Waals surface area contributed by atoms with Crippen LogP contribution in [0.4, 0.5) is 5.13 Å². The van der Waals surface area contributed by atoms with Gasteiger partial charge in [-0.1, -0.05) is 12.1 Å². The van der Waals surface area contributed by atoms with Gasteiger partial charge in [0.25, 0.3) is 10.0 Å². The van der Waals surface area contributed by atoms with Gasteiger partial charge in [-0.25, -0.2) is 13.4 Å². The summed E-state index contributed by atoms with van der Waals surface area (Å²) in [5.41, 5.74) is 8.11. The summed E-state index contributed by atoms with van der Waals surface area (Å²) in [6.45, 7) is 2.09. The number of nitrogens with two attached hydrogens (primary N) is 1. The molecule has 0 saturated carbocycles. The number of rotatable bonds is 4. The summed E-state index contributed by atoms with van der Waals surface area (Å²) in [6.07, 6.45) is 3.05. The molecule has 0 fully saturated rings. The first-order valence-corrected chi connectivity index (χ1v) is 9.10. The van der Waals surface area contributed by atoms with E-state index in [1.54, 1.807) is 19.1 Å². The Hall–Kier alpha value is -1.44. The van der Waals surface area contributed by atoms with Crippen LogP contribution < -0.4 is 10.5 Å². The predicted molar refractivity (Wildman–Crippen MR) is 84.0 cm³/mol. The van der Waals surface area contributed by atoms with Gasteiger partial charge in [-0.05, 0) is 43.4 Å². The minimum Gasteiger partial charge on any atom is -0.326 e. The third kappa shape index (κ3) is 2.81. The fourth-order valence-electron chi connectivity index (χ4n) is 2.46. The molecular formula is C14H17N3O2S2. The monoisotopic (exact) mass is 323 g/mol. The molecule has 0 bridgehead atoms. The third-order valence-corrected chi connectivity index (χ3v) is 6.28. The fraction of sp³-hybridized carbons (Fsp3) is 0.357. The maximum Gasteiger partial charge on any atom is 0.263 e. The van der Waals surface area contributed by atoms with Crippen molar-refractivity contribution in [2.75, 3.05) is 4.72 Å². The SMILES string of the molecule is Cc1ccc(CN)cc1S(=O)(=O)Nc1nc2c(s1)CCC2. The van der Waals surface area contributed by atoms with Crippen molar-refractivity contribution >= 4 is 26.5 Å². The van der Waals surface area contributed by atoms with Gasteiger partial charge >= 0.3 is 0 Å². The standard InChI is InChI=1S/C14H17N3O2S2/c1-9-5-6-10(8-15)7-13(9)21(18,19)17-14-16-11-3-2-4-12(11)20-14/h5-7H,2-4,8,15H2,1H3,(H,16,17). The molecule has 0 unspecified atom stereocenters. The highest BCUT2D eigenvalue weighted by atomic mass is 32.2. The van der Waals surface area contributed by atoms with Gasteiger partial charge in [0.2, 0.25) is 0 Å². The number of anilines is 1. The van der Waals surface area contributed by atoms with Gasteiger partial charge in [0, 0.05) is 11.4 Å². The predicted octanol–water partition coefficient (Wildman–Crippen LogP) is 2.20. The van der Waals surface area contributed by atoms with Gasteiger partial charge in [-0.3, -0.25) is 4.72 Å². The van der Waals surface area contributed by atoms with Crippen LogP contribution in [0.2, 0.25) is 0 Å². The van der Waals surface area contributed by atoms with E-state index in [2.05, 4.69) is 9.71 Å². The summed E-state index contributed by atoms with van der Waals surface area (Å²) in [5, 5.41) is 0.456. The van der Waals surface area contributed by atoms with E-state index in [0.29, 0.717) is 17.2 Å². The molecule has 21 heavy (non-hydrogen) atoms. The van der Waals surface area contributed by atoms with E-state index >= 15 is 0 Å². The van der Waals surface area contributed by atoms with Gasteiger partial charge in [0.05, 0.1) is 10.6 Å². The van der Waals surface area contributed by atoms with Gasteiger partial charge in [-0.15, -0.1) is 11.3 Å². The molecule has 0 atom stereocenters. The number of fused-ring (bicyclic) bond motifs is 1. The molecule has 3 N–H and O–H groups in total. The normalized spacial score (nSPS) is 14.2. The number of hydrogen-bond acceptors (Lipinski definition) is 5. The van der Waals surface area contributed by atoms with Crippen molar-refractivity contribution in [1.29, 1.82) is 0 Å². The molecular weight excluding hydrogens is 306 g/mol. The number of hydrogen-bond donors (Lipinski definition) is 2. The minimum absolute atomic E-state index is 0.265. The lowest BCUT2D eigenvalue weighted by Gasteiger charge is -2.09. The Morgan fingerprint density at radius 3 is 2.90 bits per heavy atom. The molecule has 1 aliphatic rings. The lowest BCUT2D eigenvalue weighted by Crippen LogP contribution is -2.15. The summed E-state index contributed by atoms with van der Waals surface area (Å²) in [5.74, 6) is 0. The van der Waals surface area contributed by atoms with Crippen LogP contribution in [0.3, 0.4) is 0 Å². The number of nitrogens with one attached hydrogen (secondary N) is 1. The Kier molecular flexibility index (Phi) is 3.73. The molecule has 0 radical (unpaired) electrons. The molecule has 1 heterocycles. The van der Waals surface area contributed by atoms with Gasteiger partial charge in [-0.2, -0.15) is 0 Å². The average Bonchev–Trinajstić information content (AvgIpc) is 2.99. The summed E-state index contributed by atoms with van der Waals surface area (Å²) in [4.78, 5) is 5.84. The highest BCUT2D eigenvalue weighted by molar-refractivity contribution is 7.93. The van der Waals surface area contributed by atoms with Crippen LogP contribution in [0, 0.1) is 6.92 Å². The minimum atomic E-state index is -3.62. The van der Waals surface area contributed by atoms with Crippen LogP contribution >= 0.6 is 11.3 Å². The van der Waals surface area contributed by atoms with Crippen LogP contribution in [-0.2, 0) is 29.4 Å². The summed E-state index contributed by atoms with van der Waals surface area (Å²) in [6, 6.07) is 5.24. The quantitative estimate of drug-likeness (QED) is 0.903. The van der Waals surface area contributed by atoms with E-state index in [0.717, 1.165) is 30.5 Å². The van der Waals surface area contributed by atoms with Crippen LogP contribution in [0.15, 0.2) is 23.1 Å². The maximum absolute atomic E-state index is 12.5. The Labute approximate surface area is 128 Å². The smallest absolute Gasteiger partial charge is 0.263 e. The number of thiazole rings is 1. The molecule has 0 spiro atoms. The van der Waals surface area contributed by atoms with Crippen molar-refractivity contribution in [2.24, 2.45) is 5.73 Å². The topological polar surface area (TPSA) is 85.1 Å². The van der Waals surface area contributed by atoms with Crippen LogP contribution in [0.5, 0.6) is 0 Å². The second-order valence-corrected chi connectivity index (χ2v) is 7.89. The lowest BCUT2D eigenvalue weighted by atomic mass is 10.1. The van der Waals surface area contributed by atoms with Crippen molar-refractivity contribution in [3.8, 4) is 0 Å². The first-order valence-electron chi connectivity index (χ1n) is 6.80. The average molecular weight is 323 g/mol. The molecule has 5 nitrogen and oxygen atoms in total. The van der Waals surface area contributed by atoms with E-state index in [4.69, 9.17) is 5.73 Å². The van der Waals surface area contributed by atoms with Crippen molar-refractivity contribution in [2.45, 2.75) is 37.6 Å². The number of aryl methyl sites for hydroxylation is 3. The van der Waals surface area contributed by atoms with E-state index in [1.165, 1.54) is 16.2 Å². The summed E-state index contributed by atoms with van der Waals surface area (Å²) in [7, 11) is -3.62. The van der Waals surface area contributed by atoms with Crippen molar-refractivity contribution < 1.29 is 8.42 Å². The molecule has 0 saturated heterocycles. The van der Waals surface area contributed by atoms with Crippen molar-refractivity contribution in [1.82, 2.24) is 4.98 Å². The largest absolute Gasteiger partial charge is 0.326 e. The molecule has 0 amide bonds. The third-order valence-electron chi connectivity index (χ3n) is 3.60. The second kappa shape index (κ2) is 5.40. The molecule has 7 heteroatoms. The lowest BCUT2D eigenvalue weighted by molar-refractivity contribution is 0.600. The zero-order valence-corrected chi connectivity index (χ0v) is 13.4. The highest BCUT2D eigenvalue weighted by Crippen LogP contribution is 2.32. The number of sulfonamides is 1. The first-order chi connectivity index (χ1) is 9.99. The van der Waals surface area contributed by atoms with Crippen molar-refractivity contribution in [3.63, 3.8) is 0 Å². The molecule has 1 aromatic carbocycles. The van der Waals surface area contributed by atoms with E-state index in [-0.39, 0.29) is 4.90 Å². The zero-order chi connectivity index (χ0) is 15.0. The van der Waals surface area contributed by atoms with Gasteiger partial charge in [0.1, 0.15) is 0 Å². The van der Waals surface area contributed by atoms with Gasteiger partial charge in [0.15, 0.2) is 5.13 Å². The van der Waals surface area contributed by atoms with Crippen molar-refractivity contribution in [3.05, 3.63) is 39.9 Å². The van der Waals surface area contributed by atoms with E-state index in [9.17, 15) is 8.42 Å². The number of benzene rings is 1. The highest BCUT2D eigenvalue weighted by Gasteiger charge is 2.22. The summed E-state index contributed by atoms with van der Waals surface area (Å²) < 4.78 is 27.7. The van der Waals surface area contributed by atoms with Crippen LogP contribution in [0.1, 0.15) is 28.1 Å². The molecule has 1 aromatic heterocycles. The maximum atomic E-state index is 12.5. The zero-order valence-electron chi connectivity index (χ0n) is 11.7. The Bertz CT molecular complexity index is 760. The molecule has 2 aromatic rings. The number of aromatic nitrogens is 1. The van der Waals surface area contributed by atoms with Crippen LogP contribution in [0.25, 0.3) is 0 Å². The Morgan fingerprint density at radius 1 is 1.38 bits per heavy atom. The first kappa shape index (κ1) is 14.5. The summed E-state index contributed by atoms with van der Waals surface area (Å²) >= 11 is 1.43. The van der Waals surface area contributed by atoms with Gasteiger partial charge < -0.3 is 5.73 Å². The second-order valence-electron chi connectivity index (χ2n) is 5.15. The van der Waals surface area contributed by atoms with E-state index < -0.39 is 10.0 Å². The van der Waals surface area contributed by atoms with E-state index in [1.807, 2.05) is 6.07 Å². The molecule has 0 aliphatic heterocycles. The molecule has 112 valence electrons. The fourth-order valence-corrected chi connectivity index (χ4v) is 5.05. The Balaban J connectivity index is 1.92. The van der Waals surface area contributed by atoms with Crippen LogP contribution in [-0.4, -0.2) is 13.4 Å². The number of nitrogens with zero attached hydrogens (tertiary/aromatic N) is 1. The molecule has 3 rings (SSSR count). The molecule has 1 aliphatic carbocycles. The Morgan fingerprint density at radius 2 is 2.19 bits per heavy atom.